The van der Waals surface area contributed by atoms with Crippen LogP contribution in [0.25, 0.3) is 0 Å². The van der Waals surface area contributed by atoms with Crippen molar-refractivity contribution in [2.24, 2.45) is 0 Å². The van der Waals surface area contributed by atoms with Gasteiger partial charge in [0.15, 0.2) is 0 Å². The van der Waals surface area contributed by atoms with E-state index in [9.17, 15) is 0 Å². The third-order valence-electron chi connectivity index (χ3n) is 3.51. The summed E-state index contributed by atoms with van der Waals surface area (Å²) in [5.74, 6) is 2.69. The number of aryl methyl sites for hydroxylation is 1. The number of nitrogens with one attached hydrogen (secondary N) is 1. The summed E-state index contributed by atoms with van der Waals surface area (Å²) in [6.45, 7) is 6.26. The molecule has 1 atom stereocenters. The van der Waals surface area contributed by atoms with Crippen LogP contribution in [0.1, 0.15) is 38.4 Å². The van der Waals surface area contributed by atoms with Crippen molar-refractivity contribution in [3.8, 4) is 0 Å². The molecule has 1 aromatic heterocycles. The molecule has 0 bridgehead atoms. The number of hydrogen-bond acceptors (Lipinski definition) is 5. The molecule has 2 N–H and O–H groups in total. The van der Waals surface area contributed by atoms with E-state index in [0.29, 0.717) is 6.04 Å². The van der Waals surface area contributed by atoms with Gasteiger partial charge in [-0.15, -0.1) is 0 Å². The highest BCUT2D eigenvalue weighted by Crippen LogP contribution is 2.27. The lowest BCUT2D eigenvalue weighted by atomic mass is 10.1. The van der Waals surface area contributed by atoms with Crippen molar-refractivity contribution in [2.75, 3.05) is 29.9 Å². The van der Waals surface area contributed by atoms with Gasteiger partial charge in [0.05, 0.1) is 0 Å². The first kappa shape index (κ1) is 14.1. The molecule has 1 fully saturated rings. The zero-order valence-electron chi connectivity index (χ0n) is 11.9. The normalized spacial score (nSPS) is 18.9. The molecule has 1 unspecified atom stereocenters. The SMILES string of the molecule is CCCNc1cc(N2CCCC2CCO)nc(C)n1. The fourth-order valence-electron chi connectivity index (χ4n) is 2.63. The molecular formula is C14H24N4O. The summed E-state index contributed by atoms with van der Waals surface area (Å²) >= 11 is 0. The molecule has 0 saturated carbocycles. The molecule has 1 aliphatic rings. The Labute approximate surface area is 115 Å². The summed E-state index contributed by atoms with van der Waals surface area (Å²) < 4.78 is 0. The van der Waals surface area contributed by atoms with Gasteiger partial charge in [-0.2, -0.15) is 0 Å². The summed E-state index contributed by atoms with van der Waals surface area (Å²) in [5.41, 5.74) is 0. The minimum Gasteiger partial charge on any atom is -0.396 e. The van der Waals surface area contributed by atoms with E-state index in [1.54, 1.807) is 0 Å². The van der Waals surface area contributed by atoms with Gasteiger partial charge < -0.3 is 15.3 Å². The van der Waals surface area contributed by atoms with Crippen LogP contribution in [0.3, 0.4) is 0 Å². The van der Waals surface area contributed by atoms with Gasteiger partial charge in [0.25, 0.3) is 0 Å². The first-order valence-corrected chi connectivity index (χ1v) is 7.21. The fourth-order valence-corrected chi connectivity index (χ4v) is 2.63. The number of anilines is 2. The van der Waals surface area contributed by atoms with Gasteiger partial charge in [0.2, 0.25) is 0 Å². The van der Waals surface area contributed by atoms with Crippen LogP contribution in [0.2, 0.25) is 0 Å². The van der Waals surface area contributed by atoms with E-state index in [4.69, 9.17) is 5.11 Å². The molecule has 5 nitrogen and oxygen atoms in total. The van der Waals surface area contributed by atoms with Crippen LogP contribution in [-0.4, -0.2) is 40.8 Å². The molecule has 19 heavy (non-hydrogen) atoms. The molecule has 1 aromatic rings. The average molecular weight is 264 g/mol. The van der Waals surface area contributed by atoms with Crippen LogP contribution in [0.4, 0.5) is 11.6 Å². The Hall–Kier alpha value is -1.36. The van der Waals surface area contributed by atoms with Crippen molar-refractivity contribution >= 4 is 11.6 Å². The van der Waals surface area contributed by atoms with Crippen LogP contribution in [0.15, 0.2) is 6.07 Å². The Bertz CT molecular complexity index is 410. The van der Waals surface area contributed by atoms with Crippen molar-refractivity contribution in [2.45, 2.75) is 45.6 Å². The summed E-state index contributed by atoms with van der Waals surface area (Å²) in [4.78, 5) is 11.3. The van der Waals surface area contributed by atoms with E-state index in [-0.39, 0.29) is 6.61 Å². The predicted molar refractivity (Wildman–Crippen MR) is 77.6 cm³/mol. The van der Waals surface area contributed by atoms with Gasteiger partial charge in [-0.25, -0.2) is 9.97 Å². The summed E-state index contributed by atoms with van der Waals surface area (Å²) in [7, 11) is 0. The second-order valence-corrected chi connectivity index (χ2v) is 5.09. The maximum atomic E-state index is 9.14. The number of aromatic nitrogens is 2. The van der Waals surface area contributed by atoms with Crippen LogP contribution >= 0.6 is 0 Å². The van der Waals surface area contributed by atoms with E-state index in [1.165, 1.54) is 6.42 Å². The van der Waals surface area contributed by atoms with Crippen molar-refractivity contribution in [1.82, 2.24) is 9.97 Å². The Morgan fingerprint density at radius 3 is 3.05 bits per heavy atom. The number of nitrogens with zero attached hydrogens (tertiary/aromatic N) is 3. The fraction of sp³-hybridized carbons (Fsp3) is 0.714. The third-order valence-corrected chi connectivity index (χ3v) is 3.51. The molecule has 5 heteroatoms. The molecule has 0 aliphatic carbocycles. The predicted octanol–water partition coefficient (Wildman–Crippen LogP) is 1.96. The van der Waals surface area contributed by atoms with Gasteiger partial charge in [-0.05, 0) is 32.6 Å². The average Bonchev–Trinajstić information content (AvgIpc) is 2.84. The van der Waals surface area contributed by atoms with Gasteiger partial charge in [-0.3, -0.25) is 0 Å². The Balaban J connectivity index is 2.16. The Morgan fingerprint density at radius 2 is 2.32 bits per heavy atom. The second-order valence-electron chi connectivity index (χ2n) is 5.09. The van der Waals surface area contributed by atoms with Crippen LogP contribution in [-0.2, 0) is 0 Å². The topological polar surface area (TPSA) is 61.3 Å². The van der Waals surface area contributed by atoms with Crippen LogP contribution in [0, 0.1) is 6.92 Å². The van der Waals surface area contributed by atoms with E-state index < -0.39 is 0 Å². The minimum atomic E-state index is 0.242. The number of rotatable bonds is 6. The zero-order valence-corrected chi connectivity index (χ0v) is 11.9. The number of aliphatic hydroxyl groups excluding tert-OH is 1. The monoisotopic (exact) mass is 264 g/mol. The van der Waals surface area contributed by atoms with Crippen LogP contribution in [0.5, 0.6) is 0 Å². The molecule has 1 saturated heterocycles. The first-order chi connectivity index (χ1) is 9.24. The van der Waals surface area contributed by atoms with E-state index in [1.807, 2.05) is 13.0 Å². The molecule has 0 radical (unpaired) electrons. The van der Waals surface area contributed by atoms with Crippen molar-refractivity contribution in [1.29, 1.82) is 0 Å². The van der Waals surface area contributed by atoms with Crippen molar-refractivity contribution in [3.63, 3.8) is 0 Å². The summed E-state index contributed by atoms with van der Waals surface area (Å²) in [5, 5.41) is 12.5. The smallest absolute Gasteiger partial charge is 0.134 e. The Morgan fingerprint density at radius 1 is 1.47 bits per heavy atom. The van der Waals surface area contributed by atoms with Crippen molar-refractivity contribution < 1.29 is 5.11 Å². The van der Waals surface area contributed by atoms with E-state index >= 15 is 0 Å². The molecule has 0 aromatic carbocycles. The molecule has 0 spiro atoms. The van der Waals surface area contributed by atoms with Gasteiger partial charge in [-0.1, -0.05) is 6.92 Å². The van der Waals surface area contributed by atoms with Crippen LogP contribution < -0.4 is 10.2 Å². The lowest BCUT2D eigenvalue weighted by Gasteiger charge is -2.25. The lowest BCUT2D eigenvalue weighted by Crippen LogP contribution is -2.31. The molecule has 106 valence electrons. The highest BCUT2D eigenvalue weighted by Gasteiger charge is 2.25. The molecule has 2 rings (SSSR count). The van der Waals surface area contributed by atoms with Gasteiger partial charge in [0, 0.05) is 31.8 Å². The molecule has 2 heterocycles. The zero-order chi connectivity index (χ0) is 13.7. The van der Waals surface area contributed by atoms with Crippen molar-refractivity contribution in [3.05, 3.63) is 11.9 Å². The maximum absolute atomic E-state index is 9.14. The third kappa shape index (κ3) is 3.56. The maximum Gasteiger partial charge on any atom is 0.134 e. The Kier molecular flexibility index (Phi) is 4.96. The highest BCUT2D eigenvalue weighted by molar-refractivity contribution is 5.50. The molecule has 1 aliphatic heterocycles. The highest BCUT2D eigenvalue weighted by atomic mass is 16.3. The minimum absolute atomic E-state index is 0.242. The molecule has 0 amide bonds. The second kappa shape index (κ2) is 6.70. The standard InChI is InChI=1S/C14H24N4O/c1-3-7-15-13-10-14(17-11(2)16-13)18-8-4-5-12(18)6-9-19/h10,12,19H,3-9H2,1-2H3,(H,15,16,17). The van der Waals surface area contributed by atoms with Gasteiger partial charge in [0.1, 0.15) is 17.5 Å². The first-order valence-electron chi connectivity index (χ1n) is 7.21. The summed E-state index contributed by atoms with van der Waals surface area (Å²) in [6, 6.07) is 2.44. The largest absolute Gasteiger partial charge is 0.396 e. The molecular weight excluding hydrogens is 240 g/mol. The number of aliphatic hydroxyl groups is 1. The number of hydrogen-bond donors (Lipinski definition) is 2. The lowest BCUT2D eigenvalue weighted by molar-refractivity contribution is 0.275. The van der Waals surface area contributed by atoms with E-state index in [0.717, 1.165) is 49.8 Å². The van der Waals surface area contributed by atoms with E-state index in [2.05, 4.69) is 27.1 Å². The quantitative estimate of drug-likeness (QED) is 0.822. The van der Waals surface area contributed by atoms with Gasteiger partial charge >= 0.3 is 0 Å². The summed E-state index contributed by atoms with van der Waals surface area (Å²) in [6.07, 6.45) is 4.21.